The zero-order valence-corrected chi connectivity index (χ0v) is 16.7. The molecule has 1 aromatic carbocycles. The summed E-state index contributed by atoms with van der Waals surface area (Å²) < 4.78 is 29.2. The Balaban J connectivity index is 1.67. The zero-order chi connectivity index (χ0) is 19.2. The minimum Gasteiger partial charge on any atom is -0.206 e. The van der Waals surface area contributed by atoms with Crippen molar-refractivity contribution in [2.24, 2.45) is 17.8 Å². The highest BCUT2D eigenvalue weighted by Crippen LogP contribution is 2.37. The second-order valence-electron chi connectivity index (χ2n) is 8.39. The van der Waals surface area contributed by atoms with Gasteiger partial charge >= 0.3 is 0 Å². The van der Waals surface area contributed by atoms with E-state index in [4.69, 9.17) is 0 Å². The third kappa shape index (κ3) is 5.22. The molecule has 0 bridgehead atoms. The van der Waals surface area contributed by atoms with Crippen LogP contribution in [-0.2, 0) is 0 Å². The van der Waals surface area contributed by atoms with Crippen LogP contribution in [-0.4, -0.2) is 0 Å². The Hall–Kier alpha value is -1.62. The largest absolute Gasteiger partial charge is 0.206 e. The van der Waals surface area contributed by atoms with Gasteiger partial charge in [0.15, 0.2) is 0 Å². The second kappa shape index (κ2) is 9.54. The number of benzene rings is 1. The minimum atomic E-state index is -0.490. The lowest BCUT2D eigenvalue weighted by atomic mass is 9.78. The highest BCUT2D eigenvalue weighted by atomic mass is 19.1. The van der Waals surface area contributed by atoms with E-state index in [1.54, 1.807) is 0 Å². The molecule has 2 saturated carbocycles. The molecule has 0 spiro atoms. The van der Waals surface area contributed by atoms with Gasteiger partial charge in [-0.3, -0.25) is 0 Å². The standard InChI is InChI=1S/C25H32F2/c1-3-5-19-10-13-21(14-11-19)22-16-24(26)23(25(27)17-22)15-12-20-8-6-18(4-2)7-9-20/h3,5,16-21H,4,6-11,13-14H2,1-2H3/t18-,19-,20-,21-. The predicted molar refractivity (Wildman–Crippen MR) is 108 cm³/mol. The Labute approximate surface area is 163 Å². The molecule has 0 atom stereocenters. The van der Waals surface area contributed by atoms with Crippen LogP contribution < -0.4 is 0 Å². The summed E-state index contributed by atoms with van der Waals surface area (Å²) in [5, 5.41) is 0. The number of halogens is 2. The van der Waals surface area contributed by atoms with Crippen molar-refractivity contribution >= 4 is 0 Å². The Kier molecular flexibility index (Phi) is 7.11. The summed E-state index contributed by atoms with van der Waals surface area (Å²) in [5.41, 5.74) is 0.761. The molecule has 0 nitrogen and oxygen atoms in total. The topological polar surface area (TPSA) is 0 Å². The van der Waals surface area contributed by atoms with Gasteiger partial charge in [-0.2, -0.15) is 0 Å². The van der Waals surface area contributed by atoms with Crippen molar-refractivity contribution in [2.45, 2.75) is 77.6 Å². The molecule has 2 aliphatic rings. The van der Waals surface area contributed by atoms with E-state index in [-0.39, 0.29) is 17.4 Å². The van der Waals surface area contributed by atoms with Crippen molar-refractivity contribution in [2.75, 3.05) is 0 Å². The van der Waals surface area contributed by atoms with Crippen LogP contribution in [0.5, 0.6) is 0 Å². The van der Waals surface area contributed by atoms with Crippen molar-refractivity contribution in [3.05, 3.63) is 47.0 Å². The SMILES string of the molecule is CC=C[C@H]1CC[C@H](c2cc(F)c(C#C[C@H]3CC[C@H](CC)CC3)c(F)c2)CC1. The summed E-state index contributed by atoms with van der Waals surface area (Å²) >= 11 is 0. The van der Waals surface area contributed by atoms with E-state index in [1.165, 1.54) is 31.4 Å². The first-order valence-electron chi connectivity index (χ1n) is 10.7. The molecule has 0 amide bonds. The van der Waals surface area contributed by atoms with Crippen LogP contribution in [0, 0.1) is 41.2 Å². The maximum absolute atomic E-state index is 14.6. The van der Waals surface area contributed by atoms with Gasteiger partial charge in [-0.1, -0.05) is 37.3 Å². The summed E-state index contributed by atoms with van der Waals surface area (Å²) in [5.74, 6) is 6.97. The Bertz CT molecular complexity index is 683. The first-order valence-corrected chi connectivity index (χ1v) is 10.7. The second-order valence-corrected chi connectivity index (χ2v) is 8.39. The fourth-order valence-corrected chi connectivity index (χ4v) is 4.75. The van der Waals surface area contributed by atoms with Crippen molar-refractivity contribution in [3.8, 4) is 11.8 Å². The number of rotatable bonds is 3. The van der Waals surface area contributed by atoms with Gasteiger partial charge in [0.2, 0.25) is 0 Å². The average molecular weight is 371 g/mol. The van der Waals surface area contributed by atoms with Gasteiger partial charge in [0, 0.05) is 5.92 Å². The summed E-state index contributed by atoms with van der Waals surface area (Å²) in [4.78, 5) is 0. The molecule has 27 heavy (non-hydrogen) atoms. The molecule has 0 aliphatic heterocycles. The Morgan fingerprint density at radius 2 is 1.59 bits per heavy atom. The molecule has 0 unspecified atom stereocenters. The molecule has 1 aromatic rings. The molecule has 2 fully saturated rings. The van der Waals surface area contributed by atoms with E-state index < -0.39 is 11.6 Å². The molecule has 2 aliphatic carbocycles. The van der Waals surface area contributed by atoms with Gasteiger partial charge in [-0.05, 0) is 93.7 Å². The monoisotopic (exact) mass is 370 g/mol. The molecule has 146 valence electrons. The molecule has 0 N–H and O–H groups in total. The summed E-state index contributed by atoms with van der Waals surface area (Å²) in [6.07, 6.45) is 14.3. The summed E-state index contributed by atoms with van der Waals surface area (Å²) in [6.45, 7) is 4.28. The van der Waals surface area contributed by atoms with Gasteiger partial charge in [-0.25, -0.2) is 8.78 Å². The normalized spacial score (nSPS) is 28.7. The van der Waals surface area contributed by atoms with Gasteiger partial charge in [0.1, 0.15) is 11.6 Å². The Morgan fingerprint density at radius 1 is 0.963 bits per heavy atom. The van der Waals surface area contributed by atoms with Gasteiger partial charge in [-0.15, -0.1) is 0 Å². The van der Waals surface area contributed by atoms with Crippen molar-refractivity contribution in [1.82, 2.24) is 0 Å². The van der Waals surface area contributed by atoms with Crippen LogP contribution in [0.15, 0.2) is 24.3 Å². The molecule has 0 saturated heterocycles. The molecule has 3 rings (SSSR count). The third-order valence-corrected chi connectivity index (χ3v) is 6.60. The first kappa shape index (κ1) is 20.1. The van der Waals surface area contributed by atoms with E-state index in [9.17, 15) is 8.78 Å². The maximum atomic E-state index is 14.6. The van der Waals surface area contributed by atoms with E-state index in [2.05, 4.69) is 30.9 Å². The fourth-order valence-electron chi connectivity index (χ4n) is 4.75. The lowest BCUT2D eigenvalue weighted by Crippen LogP contribution is -2.13. The fraction of sp³-hybridized carbons (Fsp3) is 0.600. The van der Waals surface area contributed by atoms with Crippen LogP contribution >= 0.6 is 0 Å². The van der Waals surface area contributed by atoms with Crippen LogP contribution in [0.4, 0.5) is 8.78 Å². The molecule has 0 radical (unpaired) electrons. The average Bonchev–Trinajstić information content (AvgIpc) is 2.68. The maximum Gasteiger partial charge on any atom is 0.142 e. The lowest BCUT2D eigenvalue weighted by Gasteiger charge is -2.27. The Morgan fingerprint density at radius 3 is 2.15 bits per heavy atom. The smallest absolute Gasteiger partial charge is 0.142 e. The van der Waals surface area contributed by atoms with Gasteiger partial charge < -0.3 is 0 Å². The first-order chi connectivity index (χ1) is 13.1. The molecular formula is C25H32F2. The minimum absolute atomic E-state index is 0.0426. The van der Waals surface area contributed by atoms with Crippen LogP contribution in [0.25, 0.3) is 0 Å². The molecule has 0 heterocycles. The summed E-state index contributed by atoms with van der Waals surface area (Å²) in [7, 11) is 0. The summed E-state index contributed by atoms with van der Waals surface area (Å²) in [6, 6.07) is 3.06. The number of hydrogen-bond donors (Lipinski definition) is 0. The third-order valence-electron chi connectivity index (χ3n) is 6.60. The van der Waals surface area contributed by atoms with Gasteiger partial charge in [0.25, 0.3) is 0 Å². The van der Waals surface area contributed by atoms with E-state index in [0.717, 1.165) is 50.0 Å². The number of hydrogen-bond acceptors (Lipinski definition) is 0. The highest BCUT2D eigenvalue weighted by molar-refractivity contribution is 5.40. The predicted octanol–water partition coefficient (Wildman–Crippen LogP) is 7.38. The van der Waals surface area contributed by atoms with E-state index in [0.29, 0.717) is 5.92 Å². The van der Waals surface area contributed by atoms with Crippen LogP contribution in [0.1, 0.15) is 88.7 Å². The molecule has 2 heteroatoms. The molecular weight excluding hydrogens is 338 g/mol. The van der Waals surface area contributed by atoms with Crippen molar-refractivity contribution in [1.29, 1.82) is 0 Å². The lowest BCUT2D eigenvalue weighted by molar-refractivity contribution is 0.309. The van der Waals surface area contributed by atoms with Crippen molar-refractivity contribution in [3.63, 3.8) is 0 Å². The van der Waals surface area contributed by atoms with Crippen LogP contribution in [0.3, 0.4) is 0 Å². The van der Waals surface area contributed by atoms with E-state index in [1.807, 2.05) is 6.92 Å². The van der Waals surface area contributed by atoms with E-state index >= 15 is 0 Å². The van der Waals surface area contributed by atoms with Gasteiger partial charge in [0.05, 0.1) is 5.56 Å². The van der Waals surface area contributed by atoms with Crippen LogP contribution in [0.2, 0.25) is 0 Å². The number of allylic oxidation sites excluding steroid dienone is 2. The quantitative estimate of drug-likeness (QED) is 0.384. The highest BCUT2D eigenvalue weighted by Gasteiger charge is 2.23. The van der Waals surface area contributed by atoms with Crippen molar-refractivity contribution < 1.29 is 8.78 Å². The zero-order valence-electron chi connectivity index (χ0n) is 16.7. The molecule has 0 aromatic heterocycles.